The van der Waals surface area contributed by atoms with Gasteiger partial charge < -0.3 is 42.0 Å². The Morgan fingerprint density at radius 1 is 1.13 bits per heavy atom. The van der Waals surface area contributed by atoms with E-state index in [1.54, 1.807) is 0 Å². The minimum absolute atomic E-state index is 0.113. The molecule has 0 spiro atoms. The van der Waals surface area contributed by atoms with Gasteiger partial charge in [-0.1, -0.05) is 0 Å². The van der Waals surface area contributed by atoms with Crippen LogP contribution < -0.4 is 21.7 Å². The number of nitrogens with zero attached hydrogens (tertiary/aromatic N) is 1. The van der Waals surface area contributed by atoms with Gasteiger partial charge in [0.05, 0.1) is 25.4 Å². The molecule has 4 atom stereocenters. The molecule has 14 nitrogen and oxygen atoms in total. The topological polar surface area (TPSA) is 237 Å². The molecule has 0 aliphatic rings. The van der Waals surface area contributed by atoms with E-state index < -0.39 is 66.9 Å². The number of aromatic nitrogens is 2. The van der Waals surface area contributed by atoms with Gasteiger partial charge in [-0.15, -0.1) is 0 Å². The molecule has 1 heterocycles. The third-order valence-corrected chi connectivity index (χ3v) is 3.87. The van der Waals surface area contributed by atoms with Crippen molar-refractivity contribution in [1.29, 1.82) is 0 Å². The summed E-state index contributed by atoms with van der Waals surface area (Å²) >= 11 is 0. The third-order valence-electron chi connectivity index (χ3n) is 3.87. The van der Waals surface area contributed by atoms with Gasteiger partial charge in [-0.2, -0.15) is 0 Å². The Labute approximate surface area is 170 Å². The number of hydrogen-bond acceptors (Lipinski definition) is 8. The van der Waals surface area contributed by atoms with Crippen LogP contribution in [0.4, 0.5) is 0 Å². The van der Waals surface area contributed by atoms with Gasteiger partial charge in [0.2, 0.25) is 17.7 Å². The zero-order valence-corrected chi connectivity index (χ0v) is 16.0. The molecule has 1 rings (SSSR count). The lowest BCUT2D eigenvalue weighted by atomic mass is 10.1. The second kappa shape index (κ2) is 11.5. The average molecular weight is 428 g/mol. The summed E-state index contributed by atoms with van der Waals surface area (Å²) in [6.45, 7) is 0.731. The van der Waals surface area contributed by atoms with Gasteiger partial charge >= 0.3 is 11.9 Å². The third kappa shape index (κ3) is 8.24. The van der Waals surface area contributed by atoms with Crippen LogP contribution >= 0.6 is 0 Å². The molecule has 166 valence electrons. The maximum atomic E-state index is 12.5. The Bertz CT molecular complexity index is 766. The molecule has 0 fully saturated rings. The summed E-state index contributed by atoms with van der Waals surface area (Å²) in [5, 5.41) is 33.7. The highest BCUT2D eigenvalue weighted by Crippen LogP contribution is 2.01. The van der Waals surface area contributed by atoms with Gasteiger partial charge in [-0.05, 0) is 6.92 Å². The van der Waals surface area contributed by atoms with Crippen molar-refractivity contribution in [2.75, 3.05) is 6.54 Å². The van der Waals surface area contributed by atoms with Crippen molar-refractivity contribution in [3.63, 3.8) is 0 Å². The highest BCUT2D eigenvalue weighted by Gasteiger charge is 2.29. The lowest BCUT2D eigenvalue weighted by Crippen LogP contribution is -2.55. The Hall–Kier alpha value is -3.52. The van der Waals surface area contributed by atoms with Gasteiger partial charge in [-0.3, -0.25) is 19.2 Å². The van der Waals surface area contributed by atoms with Crippen LogP contribution in [0.15, 0.2) is 12.5 Å². The first-order valence-corrected chi connectivity index (χ1v) is 8.74. The molecule has 0 saturated heterocycles. The fourth-order valence-corrected chi connectivity index (χ4v) is 2.22. The van der Waals surface area contributed by atoms with Crippen molar-refractivity contribution >= 4 is 29.7 Å². The number of imidazole rings is 1. The predicted octanol–water partition coefficient (Wildman–Crippen LogP) is -3.69. The number of aromatic amines is 1. The van der Waals surface area contributed by atoms with Crippen LogP contribution in [-0.2, 0) is 30.4 Å². The van der Waals surface area contributed by atoms with E-state index in [1.165, 1.54) is 19.4 Å². The highest BCUT2D eigenvalue weighted by molar-refractivity contribution is 5.93. The van der Waals surface area contributed by atoms with E-state index in [0.29, 0.717) is 5.69 Å². The fraction of sp³-hybridized carbons (Fsp3) is 0.500. The smallest absolute Gasteiger partial charge is 0.326 e. The predicted molar refractivity (Wildman–Crippen MR) is 98.7 cm³/mol. The number of nitrogens with one attached hydrogen (secondary N) is 4. The van der Waals surface area contributed by atoms with Gasteiger partial charge in [0.25, 0.3) is 0 Å². The number of nitrogens with two attached hydrogens (primary N) is 1. The van der Waals surface area contributed by atoms with E-state index in [9.17, 15) is 29.1 Å². The molecule has 0 aliphatic heterocycles. The number of aliphatic hydroxyl groups excluding tert-OH is 1. The number of aliphatic hydroxyl groups is 1. The molecule has 1 aromatic heterocycles. The zero-order chi connectivity index (χ0) is 22.8. The summed E-state index contributed by atoms with van der Waals surface area (Å²) < 4.78 is 0. The first-order chi connectivity index (χ1) is 14.0. The summed E-state index contributed by atoms with van der Waals surface area (Å²) in [6, 6.07) is -4.26. The second-order valence-corrected chi connectivity index (χ2v) is 6.38. The monoisotopic (exact) mass is 428 g/mol. The van der Waals surface area contributed by atoms with Crippen LogP contribution in [0.5, 0.6) is 0 Å². The molecule has 0 bridgehead atoms. The van der Waals surface area contributed by atoms with Crippen LogP contribution in [0.2, 0.25) is 0 Å². The number of carbonyl (C=O) groups excluding carboxylic acids is 3. The maximum absolute atomic E-state index is 12.5. The molecular weight excluding hydrogens is 404 g/mol. The summed E-state index contributed by atoms with van der Waals surface area (Å²) in [6.07, 6.45) is 0.585. The minimum atomic E-state index is -1.71. The van der Waals surface area contributed by atoms with Crippen LogP contribution in [0.25, 0.3) is 0 Å². The van der Waals surface area contributed by atoms with E-state index in [2.05, 4.69) is 25.9 Å². The molecule has 3 amide bonds. The Kier molecular flexibility index (Phi) is 9.38. The van der Waals surface area contributed by atoms with E-state index in [-0.39, 0.29) is 6.42 Å². The molecule has 14 heteroatoms. The van der Waals surface area contributed by atoms with Crippen LogP contribution in [-0.4, -0.2) is 85.7 Å². The minimum Gasteiger partial charge on any atom is -0.481 e. The van der Waals surface area contributed by atoms with Crippen molar-refractivity contribution in [2.24, 2.45) is 5.73 Å². The SMILES string of the molecule is CC(O)C(N)C(=O)NCC(=O)NC(Cc1cnc[nH]1)C(=O)NC(CC(=O)O)C(=O)O. The van der Waals surface area contributed by atoms with Crippen molar-refractivity contribution in [2.45, 2.75) is 44.0 Å². The molecule has 1 aromatic rings. The Balaban J connectivity index is 2.80. The van der Waals surface area contributed by atoms with Gasteiger partial charge in [-0.25, -0.2) is 9.78 Å². The fourth-order valence-electron chi connectivity index (χ4n) is 2.22. The Morgan fingerprint density at radius 2 is 1.80 bits per heavy atom. The number of amides is 3. The number of carbonyl (C=O) groups is 5. The number of carboxylic acids is 2. The standard InChI is InChI=1S/C16H24N6O8/c1-7(23)13(17)15(28)19-5-11(24)21-9(2-8-4-18-6-20-8)14(27)22-10(16(29)30)3-12(25)26/h4,6-7,9-10,13,23H,2-3,5,17H2,1H3,(H,18,20)(H,19,28)(H,21,24)(H,22,27)(H,25,26)(H,29,30). The number of H-pyrrole nitrogens is 1. The quantitative estimate of drug-likeness (QED) is 0.162. The number of carboxylic acid groups (broad SMARTS) is 2. The lowest BCUT2D eigenvalue weighted by molar-refractivity contribution is -0.147. The van der Waals surface area contributed by atoms with E-state index in [0.717, 1.165) is 0 Å². The molecule has 0 radical (unpaired) electrons. The van der Waals surface area contributed by atoms with Gasteiger partial charge in [0, 0.05) is 18.3 Å². The molecule has 9 N–H and O–H groups in total. The number of rotatable bonds is 12. The molecule has 4 unspecified atom stereocenters. The molecule has 30 heavy (non-hydrogen) atoms. The summed E-state index contributed by atoms with van der Waals surface area (Å²) in [5.41, 5.74) is 5.87. The second-order valence-electron chi connectivity index (χ2n) is 6.38. The lowest BCUT2D eigenvalue weighted by Gasteiger charge is -2.21. The van der Waals surface area contributed by atoms with Crippen molar-refractivity contribution in [1.82, 2.24) is 25.9 Å². The van der Waals surface area contributed by atoms with Crippen LogP contribution in [0, 0.1) is 0 Å². The highest BCUT2D eigenvalue weighted by atomic mass is 16.4. The van der Waals surface area contributed by atoms with Crippen LogP contribution in [0.3, 0.4) is 0 Å². The van der Waals surface area contributed by atoms with Crippen LogP contribution in [0.1, 0.15) is 19.0 Å². The van der Waals surface area contributed by atoms with Crippen molar-refractivity contribution in [3.05, 3.63) is 18.2 Å². The van der Waals surface area contributed by atoms with Gasteiger partial charge in [0.1, 0.15) is 18.1 Å². The molecule has 0 aliphatic carbocycles. The zero-order valence-electron chi connectivity index (χ0n) is 16.0. The van der Waals surface area contributed by atoms with Gasteiger partial charge in [0.15, 0.2) is 0 Å². The first kappa shape index (κ1) is 24.5. The van der Waals surface area contributed by atoms with Crippen molar-refractivity contribution < 1.29 is 39.3 Å². The van der Waals surface area contributed by atoms with E-state index in [4.69, 9.17) is 15.9 Å². The molecule has 0 saturated carbocycles. The van der Waals surface area contributed by atoms with E-state index >= 15 is 0 Å². The summed E-state index contributed by atoms with van der Waals surface area (Å²) in [4.78, 5) is 64.8. The Morgan fingerprint density at radius 3 is 2.30 bits per heavy atom. The summed E-state index contributed by atoms with van der Waals surface area (Å²) in [7, 11) is 0. The normalized spacial score (nSPS) is 14.6. The molecule has 0 aromatic carbocycles. The average Bonchev–Trinajstić information content (AvgIpc) is 3.16. The van der Waals surface area contributed by atoms with E-state index in [1.807, 2.05) is 0 Å². The first-order valence-electron chi connectivity index (χ1n) is 8.74. The largest absolute Gasteiger partial charge is 0.481 e. The van der Waals surface area contributed by atoms with Crippen molar-refractivity contribution in [3.8, 4) is 0 Å². The maximum Gasteiger partial charge on any atom is 0.326 e. The molecular formula is C16H24N6O8. The summed E-state index contributed by atoms with van der Waals surface area (Å²) in [5.74, 6) is -5.53. The number of aliphatic carboxylic acids is 2. The number of hydrogen-bond donors (Lipinski definition) is 8.